The van der Waals surface area contributed by atoms with E-state index in [1.807, 2.05) is 4.72 Å². The van der Waals surface area contributed by atoms with Gasteiger partial charge in [0.1, 0.15) is 0 Å². The van der Waals surface area contributed by atoms with Crippen LogP contribution in [0.5, 0.6) is 0 Å². The maximum atomic E-state index is 13.8. The van der Waals surface area contributed by atoms with Crippen LogP contribution >= 0.6 is 0 Å². The van der Waals surface area contributed by atoms with Crippen molar-refractivity contribution >= 4 is 10.0 Å². The minimum absolute atomic E-state index is 0.207. The van der Waals surface area contributed by atoms with Crippen LogP contribution in [-0.4, -0.2) is 76.6 Å². The molecular weight excluding hydrogens is 531 g/mol. The third-order valence-corrected chi connectivity index (χ3v) is 6.18. The highest BCUT2D eigenvalue weighted by Gasteiger charge is 2.74. The van der Waals surface area contributed by atoms with Crippen molar-refractivity contribution in [3.63, 3.8) is 0 Å². The number of sulfonamides is 1. The van der Waals surface area contributed by atoms with E-state index in [4.69, 9.17) is 0 Å². The second-order valence-electron chi connectivity index (χ2n) is 7.87. The molecule has 0 aliphatic heterocycles. The predicted molar refractivity (Wildman–Crippen MR) is 93.9 cm³/mol. The third-order valence-electron chi connectivity index (χ3n) is 4.76. The van der Waals surface area contributed by atoms with Crippen LogP contribution in [0, 0.1) is 11.8 Å². The molecule has 0 aromatic rings. The van der Waals surface area contributed by atoms with Crippen LogP contribution < -0.4 is 4.72 Å². The molecule has 0 aliphatic rings. The summed E-state index contributed by atoms with van der Waals surface area (Å²) in [5.74, 6) is -8.71. The van der Waals surface area contributed by atoms with Crippen LogP contribution in [0.1, 0.15) is 25.7 Å². The van der Waals surface area contributed by atoms with Crippen LogP contribution in [0.2, 0.25) is 0 Å². The van der Waals surface area contributed by atoms with Crippen molar-refractivity contribution < 1.29 is 65.5 Å². The Kier molecular flexibility index (Phi) is 11.0. The first-order chi connectivity index (χ1) is 14.8. The second kappa shape index (κ2) is 11.3. The van der Waals surface area contributed by atoms with Crippen molar-refractivity contribution in [2.24, 2.45) is 11.8 Å². The van der Waals surface area contributed by atoms with E-state index in [0.29, 0.717) is 6.54 Å². The molecule has 0 fully saturated rings. The molecule has 1 N–H and O–H groups in total. The minimum atomic E-state index is -6.90. The number of hydrogen-bond donors (Lipinski definition) is 1. The lowest BCUT2D eigenvalue weighted by molar-refractivity contribution is -0.353. The van der Waals surface area contributed by atoms with Gasteiger partial charge >= 0.3 is 24.7 Å². The largest absolute Gasteiger partial charge is 0.431 e. The van der Waals surface area contributed by atoms with Gasteiger partial charge in [-0.15, -0.1) is 0 Å². The maximum absolute atomic E-state index is 13.8. The van der Waals surface area contributed by atoms with Gasteiger partial charge < -0.3 is 4.90 Å². The lowest BCUT2D eigenvalue weighted by Gasteiger charge is -2.35. The number of alkyl halides is 13. The molecule has 2 unspecified atom stereocenters. The Morgan fingerprint density at radius 1 is 0.765 bits per heavy atom. The van der Waals surface area contributed by atoms with Crippen molar-refractivity contribution in [3.05, 3.63) is 0 Å². The van der Waals surface area contributed by atoms with E-state index in [1.54, 1.807) is 19.0 Å². The maximum Gasteiger partial charge on any atom is 0.431 e. The van der Waals surface area contributed by atoms with Gasteiger partial charge in [-0.2, -0.15) is 52.7 Å². The van der Waals surface area contributed by atoms with Crippen molar-refractivity contribution in [2.45, 2.75) is 56.1 Å². The minimum Gasteiger partial charge on any atom is -0.309 e. The van der Waals surface area contributed by atoms with E-state index < -0.39 is 77.2 Å². The molecule has 4 nitrogen and oxygen atoms in total. The first kappa shape index (κ1) is 33.0. The third kappa shape index (κ3) is 10.3. The summed E-state index contributed by atoms with van der Waals surface area (Å²) in [7, 11) is -1.22. The molecule has 34 heavy (non-hydrogen) atoms. The van der Waals surface area contributed by atoms with Gasteiger partial charge in [-0.25, -0.2) is 17.5 Å². The zero-order chi connectivity index (χ0) is 27.4. The molecule has 0 radical (unpaired) electrons. The molecule has 18 heteroatoms. The fourth-order valence-electron chi connectivity index (χ4n) is 2.82. The fourth-order valence-corrected chi connectivity index (χ4v) is 4.01. The van der Waals surface area contributed by atoms with E-state index in [-0.39, 0.29) is 13.0 Å². The van der Waals surface area contributed by atoms with Gasteiger partial charge in [0.15, 0.2) is 0 Å². The number of hydrogen-bond acceptors (Lipinski definition) is 3. The summed E-state index contributed by atoms with van der Waals surface area (Å²) in [6.45, 7) is 0.119. The highest BCUT2D eigenvalue weighted by Crippen LogP contribution is 2.53. The number of nitrogens with zero attached hydrogens (tertiary/aromatic N) is 1. The molecule has 0 rings (SSSR count). The van der Waals surface area contributed by atoms with Crippen LogP contribution in [-0.2, 0) is 10.0 Å². The normalized spacial score (nSPS) is 16.7. The van der Waals surface area contributed by atoms with Crippen LogP contribution in [0.4, 0.5) is 57.1 Å². The molecule has 0 saturated heterocycles. The van der Waals surface area contributed by atoms with E-state index in [1.165, 1.54) is 0 Å². The first-order valence-electron chi connectivity index (χ1n) is 9.41. The molecule has 0 aromatic heterocycles. The quantitative estimate of drug-likeness (QED) is 0.266. The molecule has 0 bridgehead atoms. The predicted octanol–water partition coefficient (Wildman–Crippen LogP) is 5.22. The Hall–Kier alpha value is -1.04. The Balaban J connectivity index is 5.71. The van der Waals surface area contributed by atoms with Crippen molar-refractivity contribution in [1.29, 1.82) is 0 Å². The second-order valence-corrected chi connectivity index (χ2v) is 9.80. The van der Waals surface area contributed by atoms with Gasteiger partial charge in [-0.05, 0) is 39.9 Å². The molecule has 2 atom stereocenters. The number of nitrogens with one attached hydrogen (secondary N) is 1. The summed E-state index contributed by atoms with van der Waals surface area (Å²) in [5, 5.41) is 0. The number of rotatable bonds is 12. The van der Waals surface area contributed by atoms with Gasteiger partial charge in [-0.3, -0.25) is 0 Å². The highest BCUT2D eigenvalue weighted by molar-refractivity contribution is 7.89. The fraction of sp³-hybridized carbons (Fsp3) is 1.00. The first-order valence-corrected chi connectivity index (χ1v) is 11.1. The highest BCUT2D eigenvalue weighted by atomic mass is 32.2. The molecule has 0 amide bonds. The van der Waals surface area contributed by atoms with Gasteiger partial charge in [0.05, 0.1) is 17.6 Å². The Morgan fingerprint density at radius 3 is 1.56 bits per heavy atom. The topological polar surface area (TPSA) is 49.4 Å². The van der Waals surface area contributed by atoms with Crippen LogP contribution in [0.3, 0.4) is 0 Å². The van der Waals surface area contributed by atoms with E-state index in [9.17, 15) is 65.5 Å². The average molecular weight is 554 g/mol. The lowest BCUT2D eigenvalue weighted by Crippen LogP contribution is -2.55. The summed E-state index contributed by atoms with van der Waals surface area (Å²) >= 11 is 0. The Morgan fingerprint density at radius 2 is 1.21 bits per heavy atom. The summed E-state index contributed by atoms with van der Waals surface area (Å²) in [5.41, 5.74) is -6.43. The zero-order valence-electron chi connectivity index (χ0n) is 17.7. The van der Waals surface area contributed by atoms with Gasteiger partial charge in [0.2, 0.25) is 10.0 Å². The van der Waals surface area contributed by atoms with Gasteiger partial charge in [-0.1, -0.05) is 0 Å². The van der Waals surface area contributed by atoms with Crippen molar-refractivity contribution in [2.75, 3.05) is 32.9 Å². The summed E-state index contributed by atoms with van der Waals surface area (Å²) in [6.07, 6.45) is -32.7. The average Bonchev–Trinajstić information content (AvgIpc) is 2.57. The summed E-state index contributed by atoms with van der Waals surface area (Å²) in [6, 6.07) is 0. The molecular formula is C16H23F13N2O2S. The van der Waals surface area contributed by atoms with E-state index in [0.717, 1.165) is 0 Å². The Labute approximate surface area is 186 Å². The van der Waals surface area contributed by atoms with Crippen molar-refractivity contribution in [1.82, 2.24) is 9.62 Å². The van der Waals surface area contributed by atoms with Crippen molar-refractivity contribution in [3.8, 4) is 0 Å². The molecule has 0 saturated carbocycles. The van der Waals surface area contributed by atoms with E-state index >= 15 is 0 Å². The van der Waals surface area contributed by atoms with Gasteiger partial charge in [0, 0.05) is 13.0 Å². The molecule has 206 valence electrons. The zero-order valence-corrected chi connectivity index (χ0v) is 18.5. The monoisotopic (exact) mass is 554 g/mol. The van der Waals surface area contributed by atoms with Crippen LogP contribution in [0.25, 0.3) is 0 Å². The lowest BCUT2D eigenvalue weighted by atomic mass is 9.83. The standard InChI is InChI=1S/C16H23F13N2O2S/c1-31(2)6-3-5-30-34(32,33)7-4-10(13(18,19)20)8-11(14(21,22)23)9-12(17,15(24,25)26)16(27,28)29/h10-11,30H,3-9H2,1-2H3. The molecule has 0 aliphatic carbocycles. The summed E-state index contributed by atoms with van der Waals surface area (Å²) < 4.78 is 194. The molecule has 0 aromatic carbocycles. The summed E-state index contributed by atoms with van der Waals surface area (Å²) in [4.78, 5) is 1.64. The molecule has 0 heterocycles. The number of halogens is 13. The Bertz CT molecular complexity index is 713. The SMILES string of the molecule is CN(C)CCCNS(=O)(=O)CCC(CC(CC(F)(C(F)(F)F)C(F)(F)F)C(F)(F)F)C(F)(F)F. The molecule has 0 spiro atoms. The van der Waals surface area contributed by atoms with Gasteiger partial charge in [0.25, 0.3) is 5.67 Å². The van der Waals surface area contributed by atoms with E-state index in [2.05, 4.69) is 0 Å². The van der Waals surface area contributed by atoms with Crippen LogP contribution in [0.15, 0.2) is 0 Å². The smallest absolute Gasteiger partial charge is 0.309 e.